The Kier molecular flexibility index (Phi) is 5.03. The van der Waals surface area contributed by atoms with Gasteiger partial charge in [0.25, 0.3) is 0 Å². The second-order valence-electron chi connectivity index (χ2n) is 5.42. The lowest BCUT2D eigenvalue weighted by atomic mass is 9.89. The summed E-state index contributed by atoms with van der Waals surface area (Å²) in [6, 6.07) is 0.590. The Bertz CT molecular complexity index is 182. The molecule has 2 unspecified atom stereocenters. The first-order valence-electron chi connectivity index (χ1n) is 5.99. The quantitative estimate of drug-likeness (QED) is 0.731. The largest absolute Gasteiger partial charge is 0.396 e. The van der Waals surface area contributed by atoms with Crippen molar-refractivity contribution < 1.29 is 9.84 Å². The van der Waals surface area contributed by atoms with E-state index in [4.69, 9.17) is 9.84 Å². The summed E-state index contributed by atoms with van der Waals surface area (Å²) in [6.45, 7) is 8.65. The van der Waals surface area contributed by atoms with Gasteiger partial charge in [-0.05, 0) is 31.6 Å². The van der Waals surface area contributed by atoms with Crippen LogP contribution in [-0.2, 0) is 4.74 Å². The van der Waals surface area contributed by atoms with E-state index in [1.807, 2.05) is 0 Å². The highest BCUT2D eigenvalue weighted by atomic mass is 16.5. The minimum atomic E-state index is 0.191. The summed E-state index contributed by atoms with van der Waals surface area (Å²) in [7, 11) is 0. The molecule has 0 spiro atoms. The molecular weight excluding hydrogens is 190 g/mol. The van der Waals surface area contributed by atoms with Crippen LogP contribution in [0.4, 0.5) is 0 Å². The molecule has 1 aliphatic heterocycles. The second-order valence-corrected chi connectivity index (χ2v) is 5.42. The third-order valence-electron chi connectivity index (χ3n) is 3.14. The topological polar surface area (TPSA) is 41.5 Å². The van der Waals surface area contributed by atoms with E-state index in [2.05, 4.69) is 26.1 Å². The second kappa shape index (κ2) is 5.83. The molecule has 15 heavy (non-hydrogen) atoms. The molecule has 1 fully saturated rings. The van der Waals surface area contributed by atoms with Crippen LogP contribution in [0.3, 0.4) is 0 Å². The molecular formula is C12H25NO2. The van der Waals surface area contributed by atoms with Gasteiger partial charge in [-0.2, -0.15) is 0 Å². The fraction of sp³-hybridized carbons (Fsp3) is 1.00. The molecule has 0 aromatic carbocycles. The molecule has 1 heterocycles. The van der Waals surface area contributed by atoms with Crippen molar-refractivity contribution in [2.45, 2.75) is 52.2 Å². The Morgan fingerprint density at radius 1 is 1.47 bits per heavy atom. The highest BCUT2D eigenvalue weighted by molar-refractivity contribution is 4.78. The lowest BCUT2D eigenvalue weighted by Crippen LogP contribution is -2.42. The monoisotopic (exact) mass is 215 g/mol. The van der Waals surface area contributed by atoms with Crippen LogP contribution in [0.5, 0.6) is 0 Å². The van der Waals surface area contributed by atoms with Gasteiger partial charge < -0.3 is 15.2 Å². The number of aliphatic hydroxyl groups is 1. The van der Waals surface area contributed by atoms with Crippen LogP contribution in [-0.4, -0.2) is 37.0 Å². The van der Waals surface area contributed by atoms with E-state index in [0.29, 0.717) is 12.1 Å². The van der Waals surface area contributed by atoms with Crippen molar-refractivity contribution >= 4 is 0 Å². The van der Waals surface area contributed by atoms with Crippen LogP contribution in [0.1, 0.15) is 40.0 Å². The SMILES string of the molecule is CC1CC(NCC(C)(C)CCO)CCO1. The Hall–Kier alpha value is -0.120. The molecule has 1 rings (SSSR count). The van der Waals surface area contributed by atoms with E-state index < -0.39 is 0 Å². The van der Waals surface area contributed by atoms with Crippen LogP contribution in [0.2, 0.25) is 0 Å². The lowest BCUT2D eigenvalue weighted by Gasteiger charge is -2.32. The molecule has 0 saturated carbocycles. The molecule has 90 valence electrons. The number of hydrogen-bond acceptors (Lipinski definition) is 3. The van der Waals surface area contributed by atoms with Crippen molar-refractivity contribution in [2.24, 2.45) is 5.41 Å². The van der Waals surface area contributed by atoms with Gasteiger partial charge in [0.1, 0.15) is 0 Å². The van der Waals surface area contributed by atoms with Gasteiger partial charge in [-0.25, -0.2) is 0 Å². The fourth-order valence-electron chi connectivity index (χ4n) is 2.00. The molecule has 0 aromatic heterocycles. The lowest BCUT2D eigenvalue weighted by molar-refractivity contribution is 0.0113. The molecule has 1 saturated heterocycles. The molecule has 0 aliphatic carbocycles. The van der Waals surface area contributed by atoms with Gasteiger partial charge in [-0.15, -0.1) is 0 Å². The molecule has 2 atom stereocenters. The van der Waals surface area contributed by atoms with Gasteiger partial charge in [-0.1, -0.05) is 13.8 Å². The third kappa shape index (κ3) is 4.96. The zero-order valence-electron chi connectivity index (χ0n) is 10.3. The highest BCUT2D eigenvalue weighted by Gasteiger charge is 2.22. The normalized spacial score (nSPS) is 28.0. The van der Waals surface area contributed by atoms with E-state index in [-0.39, 0.29) is 12.0 Å². The number of rotatable bonds is 5. The van der Waals surface area contributed by atoms with Gasteiger partial charge in [0.2, 0.25) is 0 Å². The first kappa shape index (κ1) is 12.9. The van der Waals surface area contributed by atoms with Gasteiger partial charge in [0, 0.05) is 25.8 Å². The van der Waals surface area contributed by atoms with Gasteiger partial charge >= 0.3 is 0 Å². The maximum atomic E-state index is 8.93. The summed E-state index contributed by atoms with van der Waals surface area (Å²) in [5.74, 6) is 0. The van der Waals surface area contributed by atoms with Crippen LogP contribution >= 0.6 is 0 Å². The van der Waals surface area contributed by atoms with Gasteiger partial charge in [0.05, 0.1) is 6.10 Å². The summed E-state index contributed by atoms with van der Waals surface area (Å²) >= 11 is 0. The number of aliphatic hydroxyl groups excluding tert-OH is 1. The molecule has 0 aromatic rings. The predicted octanol–water partition coefficient (Wildman–Crippen LogP) is 1.55. The fourth-order valence-corrected chi connectivity index (χ4v) is 2.00. The van der Waals surface area contributed by atoms with Crippen LogP contribution in [0.15, 0.2) is 0 Å². The Morgan fingerprint density at radius 3 is 2.80 bits per heavy atom. The highest BCUT2D eigenvalue weighted by Crippen LogP contribution is 2.20. The summed E-state index contributed by atoms with van der Waals surface area (Å²) in [6.07, 6.45) is 3.46. The summed E-state index contributed by atoms with van der Waals surface area (Å²) < 4.78 is 5.51. The predicted molar refractivity (Wildman–Crippen MR) is 61.9 cm³/mol. The smallest absolute Gasteiger partial charge is 0.0561 e. The molecule has 0 radical (unpaired) electrons. The first-order valence-corrected chi connectivity index (χ1v) is 5.99. The summed E-state index contributed by atoms with van der Waals surface area (Å²) in [5, 5.41) is 12.5. The van der Waals surface area contributed by atoms with Crippen LogP contribution in [0.25, 0.3) is 0 Å². The molecule has 0 amide bonds. The molecule has 0 bridgehead atoms. The average molecular weight is 215 g/mol. The van der Waals surface area contributed by atoms with Crippen molar-refractivity contribution in [3.63, 3.8) is 0 Å². The van der Waals surface area contributed by atoms with Gasteiger partial charge in [-0.3, -0.25) is 0 Å². The van der Waals surface area contributed by atoms with E-state index in [1.54, 1.807) is 0 Å². The minimum absolute atomic E-state index is 0.191. The van der Waals surface area contributed by atoms with Crippen molar-refractivity contribution in [1.29, 1.82) is 0 Å². The van der Waals surface area contributed by atoms with Crippen LogP contribution in [0, 0.1) is 5.41 Å². The zero-order valence-corrected chi connectivity index (χ0v) is 10.3. The van der Waals surface area contributed by atoms with Gasteiger partial charge in [0.15, 0.2) is 0 Å². The minimum Gasteiger partial charge on any atom is -0.396 e. The molecule has 3 heteroatoms. The molecule has 2 N–H and O–H groups in total. The van der Waals surface area contributed by atoms with E-state index >= 15 is 0 Å². The zero-order chi connectivity index (χ0) is 11.3. The Morgan fingerprint density at radius 2 is 2.20 bits per heavy atom. The maximum absolute atomic E-state index is 8.93. The Labute approximate surface area is 93.2 Å². The first-order chi connectivity index (χ1) is 7.03. The van der Waals surface area contributed by atoms with Crippen molar-refractivity contribution in [3.8, 4) is 0 Å². The van der Waals surface area contributed by atoms with E-state index in [1.165, 1.54) is 0 Å². The Balaban J connectivity index is 2.23. The van der Waals surface area contributed by atoms with E-state index in [9.17, 15) is 0 Å². The van der Waals surface area contributed by atoms with Crippen molar-refractivity contribution in [2.75, 3.05) is 19.8 Å². The van der Waals surface area contributed by atoms with Crippen molar-refractivity contribution in [1.82, 2.24) is 5.32 Å². The standard InChI is InChI=1S/C12H25NO2/c1-10-8-11(4-7-15-10)13-9-12(2,3)5-6-14/h10-11,13-14H,4-9H2,1-3H3. The average Bonchev–Trinajstić information content (AvgIpc) is 2.15. The maximum Gasteiger partial charge on any atom is 0.0561 e. The van der Waals surface area contributed by atoms with E-state index in [0.717, 1.165) is 32.4 Å². The molecule has 3 nitrogen and oxygen atoms in total. The number of nitrogens with one attached hydrogen (secondary N) is 1. The number of ether oxygens (including phenoxy) is 1. The summed E-state index contributed by atoms with van der Waals surface area (Å²) in [4.78, 5) is 0. The van der Waals surface area contributed by atoms with Crippen molar-refractivity contribution in [3.05, 3.63) is 0 Å². The summed E-state index contributed by atoms with van der Waals surface area (Å²) in [5.41, 5.74) is 0.191. The molecule has 1 aliphatic rings. The van der Waals surface area contributed by atoms with Crippen LogP contribution < -0.4 is 5.32 Å². The third-order valence-corrected chi connectivity index (χ3v) is 3.14. The number of hydrogen-bond donors (Lipinski definition) is 2.